The summed E-state index contributed by atoms with van der Waals surface area (Å²) in [6, 6.07) is 2.50. The maximum absolute atomic E-state index is 13.2. The summed E-state index contributed by atoms with van der Waals surface area (Å²) < 4.78 is 38.5. The lowest BCUT2D eigenvalue weighted by molar-refractivity contribution is -0.388. The number of nitrogens with one attached hydrogen (secondary N) is 1. The lowest BCUT2D eigenvalue weighted by Crippen LogP contribution is -2.49. The van der Waals surface area contributed by atoms with Gasteiger partial charge >= 0.3 is 0 Å². The molecule has 148 valence electrons. The van der Waals surface area contributed by atoms with Gasteiger partial charge in [0.05, 0.1) is 11.0 Å². The number of rotatable bonds is 4. The second kappa shape index (κ2) is 7.23. The van der Waals surface area contributed by atoms with E-state index >= 15 is 0 Å². The van der Waals surface area contributed by atoms with Crippen LogP contribution in [0.3, 0.4) is 0 Å². The van der Waals surface area contributed by atoms with Gasteiger partial charge in [-0.2, -0.15) is 4.31 Å². The van der Waals surface area contributed by atoms with E-state index in [1.165, 1.54) is 10.4 Å². The predicted molar refractivity (Wildman–Crippen MR) is 95.7 cm³/mol. The quantitative estimate of drug-likeness (QED) is 0.558. The van der Waals surface area contributed by atoms with Gasteiger partial charge in [0, 0.05) is 51.4 Å². The van der Waals surface area contributed by atoms with E-state index in [1.807, 2.05) is 0 Å². The second-order valence-corrected chi connectivity index (χ2v) is 8.72. The van der Waals surface area contributed by atoms with E-state index in [-0.39, 0.29) is 35.7 Å². The van der Waals surface area contributed by atoms with Crippen LogP contribution < -0.4 is 14.8 Å². The molecule has 3 heterocycles. The molecule has 0 aromatic heterocycles. The fourth-order valence-corrected chi connectivity index (χ4v) is 5.47. The molecule has 1 unspecified atom stereocenters. The van der Waals surface area contributed by atoms with Crippen molar-refractivity contribution in [2.45, 2.75) is 17.4 Å². The van der Waals surface area contributed by atoms with Crippen LogP contribution in [0.25, 0.3) is 0 Å². The lowest BCUT2D eigenvalue weighted by atomic mass is 10.2. The normalized spacial score (nSPS) is 24.1. The lowest BCUT2D eigenvalue weighted by Gasteiger charge is -2.32. The van der Waals surface area contributed by atoms with Gasteiger partial charge in [0.15, 0.2) is 16.4 Å². The minimum atomic E-state index is -4.01. The van der Waals surface area contributed by atoms with Gasteiger partial charge in [0.2, 0.25) is 10.0 Å². The molecule has 2 saturated heterocycles. The molecule has 3 aliphatic heterocycles. The van der Waals surface area contributed by atoms with E-state index in [0.717, 1.165) is 38.7 Å². The SMILES string of the molecule is O=[N+]([O-])c1cc2c(cc1S(=O)(=O)N1CCC(N3CCNCC3)C1)OCCO2. The highest BCUT2D eigenvalue weighted by molar-refractivity contribution is 7.89. The first-order chi connectivity index (χ1) is 13.0. The van der Waals surface area contributed by atoms with Gasteiger partial charge in [-0.05, 0) is 6.42 Å². The van der Waals surface area contributed by atoms with Gasteiger partial charge in [0.1, 0.15) is 13.2 Å². The van der Waals surface area contributed by atoms with E-state index in [1.54, 1.807) is 0 Å². The highest BCUT2D eigenvalue weighted by Gasteiger charge is 2.39. The van der Waals surface area contributed by atoms with Crippen LogP contribution in [-0.2, 0) is 10.0 Å². The maximum atomic E-state index is 13.2. The fraction of sp³-hybridized carbons (Fsp3) is 0.625. The molecular formula is C16H22N4O6S. The molecule has 0 radical (unpaired) electrons. The van der Waals surface area contributed by atoms with E-state index in [4.69, 9.17) is 9.47 Å². The zero-order valence-corrected chi connectivity index (χ0v) is 15.6. The first-order valence-corrected chi connectivity index (χ1v) is 10.4. The molecule has 10 nitrogen and oxygen atoms in total. The van der Waals surface area contributed by atoms with Gasteiger partial charge in [0.25, 0.3) is 5.69 Å². The van der Waals surface area contributed by atoms with Gasteiger partial charge in [-0.3, -0.25) is 15.0 Å². The number of sulfonamides is 1. The highest BCUT2D eigenvalue weighted by Crippen LogP contribution is 2.40. The molecule has 11 heteroatoms. The van der Waals surface area contributed by atoms with Crippen molar-refractivity contribution in [1.82, 2.24) is 14.5 Å². The van der Waals surface area contributed by atoms with Crippen molar-refractivity contribution in [3.05, 3.63) is 22.2 Å². The van der Waals surface area contributed by atoms with Gasteiger partial charge < -0.3 is 14.8 Å². The summed E-state index contributed by atoms with van der Waals surface area (Å²) in [7, 11) is -4.01. The minimum absolute atomic E-state index is 0.137. The number of hydrogen-bond donors (Lipinski definition) is 1. The Labute approximate surface area is 157 Å². The van der Waals surface area contributed by atoms with E-state index < -0.39 is 20.6 Å². The van der Waals surface area contributed by atoms with Crippen molar-refractivity contribution in [2.24, 2.45) is 0 Å². The molecular weight excluding hydrogens is 376 g/mol. The topological polar surface area (TPSA) is 114 Å². The Morgan fingerprint density at radius 2 is 1.78 bits per heavy atom. The number of benzene rings is 1. The molecule has 0 amide bonds. The van der Waals surface area contributed by atoms with Crippen LogP contribution in [0.5, 0.6) is 11.5 Å². The molecule has 1 aromatic carbocycles. The Bertz CT molecular complexity index is 840. The highest BCUT2D eigenvalue weighted by atomic mass is 32.2. The molecule has 2 fully saturated rings. The summed E-state index contributed by atoms with van der Waals surface area (Å²) in [6.45, 7) is 4.77. The third kappa shape index (κ3) is 3.47. The predicted octanol–water partition coefficient (Wildman–Crippen LogP) is 0.0342. The van der Waals surface area contributed by atoms with Crippen LogP contribution >= 0.6 is 0 Å². The summed E-state index contributed by atoms with van der Waals surface area (Å²) in [6.07, 6.45) is 0.720. The Hall–Kier alpha value is -1.95. The van der Waals surface area contributed by atoms with Crippen molar-refractivity contribution >= 4 is 15.7 Å². The van der Waals surface area contributed by atoms with E-state index in [9.17, 15) is 18.5 Å². The Kier molecular flexibility index (Phi) is 4.93. The van der Waals surface area contributed by atoms with Crippen LogP contribution in [0.4, 0.5) is 5.69 Å². The van der Waals surface area contributed by atoms with Gasteiger partial charge in [-0.1, -0.05) is 0 Å². The molecule has 0 bridgehead atoms. The molecule has 0 saturated carbocycles. The Morgan fingerprint density at radius 1 is 1.11 bits per heavy atom. The van der Waals surface area contributed by atoms with Crippen LogP contribution in [0.2, 0.25) is 0 Å². The first-order valence-electron chi connectivity index (χ1n) is 9.00. The molecule has 0 aliphatic carbocycles. The summed E-state index contributed by atoms with van der Waals surface area (Å²) in [5.74, 6) is 0.426. The number of nitro benzene ring substituents is 1. The van der Waals surface area contributed by atoms with Crippen molar-refractivity contribution in [3.63, 3.8) is 0 Å². The largest absolute Gasteiger partial charge is 0.486 e. The van der Waals surface area contributed by atoms with Crippen molar-refractivity contribution in [1.29, 1.82) is 0 Å². The summed E-state index contributed by atoms with van der Waals surface area (Å²) in [5.41, 5.74) is -0.482. The first kappa shape index (κ1) is 18.4. The Morgan fingerprint density at radius 3 is 2.44 bits per heavy atom. The van der Waals surface area contributed by atoms with Crippen LogP contribution in [0.1, 0.15) is 6.42 Å². The minimum Gasteiger partial charge on any atom is -0.486 e. The zero-order valence-electron chi connectivity index (χ0n) is 14.8. The summed E-state index contributed by atoms with van der Waals surface area (Å²) >= 11 is 0. The molecule has 1 atom stereocenters. The summed E-state index contributed by atoms with van der Waals surface area (Å²) in [5, 5.41) is 14.8. The number of ether oxygens (including phenoxy) is 2. The van der Waals surface area contributed by atoms with Crippen LogP contribution in [-0.4, -0.2) is 81.1 Å². The standard InChI is InChI=1S/C16H22N4O6S/c21-20(22)13-9-14-15(26-8-7-25-14)10-16(13)27(23,24)19-4-1-12(11-19)18-5-2-17-3-6-18/h9-10,12,17H,1-8,11H2. The third-order valence-electron chi connectivity index (χ3n) is 5.23. The molecule has 1 aromatic rings. The van der Waals surface area contributed by atoms with Crippen molar-refractivity contribution in [3.8, 4) is 11.5 Å². The fourth-order valence-electron chi connectivity index (χ4n) is 3.82. The zero-order chi connectivity index (χ0) is 19.0. The van der Waals surface area contributed by atoms with Gasteiger partial charge in [-0.15, -0.1) is 0 Å². The van der Waals surface area contributed by atoms with E-state index in [2.05, 4.69) is 10.2 Å². The number of piperazine rings is 1. The number of fused-ring (bicyclic) bond motifs is 1. The van der Waals surface area contributed by atoms with Crippen molar-refractivity contribution in [2.75, 3.05) is 52.5 Å². The smallest absolute Gasteiger partial charge is 0.293 e. The number of nitro groups is 1. The molecule has 3 aliphatic rings. The average molecular weight is 398 g/mol. The Balaban J connectivity index is 1.62. The molecule has 1 N–H and O–H groups in total. The molecule has 0 spiro atoms. The number of hydrogen-bond acceptors (Lipinski definition) is 8. The summed E-state index contributed by atoms with van der Waals surface area (Å²) in [4.78, 5) is 12.8. The molecule has 27 heavy (non-hydrogen) atoms. The van der Waals surface area contributed by atoms with Crippen molar-refractivity contribution < 1.29 is 22.8 Å². The second-order valence-electron chi connectivity index (χ2n) is 6.81. The van der Waals surface area contributed by atoms with E-state index in [0.29, 0.717) is 13.1 Å². The molecule has 4 rings (SSSR count). The average Bonchev–Trinajstić information content (AvgIpc) is 3.19. The maximum Gasteiger partial charge on any atom is 0.293 e. The number of nitrogens with zero attached hydrogens (tertiary/aromatic N) is 3. The van der Waals surface area contributed by atoms with Gasteiger partial charge in [-0.25, -0.2) is 8.42 Å². The third-order valence-corrected chi connectivity index (χ3v) is 7.13. The van der Waals surface area contributed by atoms with Crippen LogP contribution in [0, 0.1) is 10.1 Å². The van der Waals surface area contributed by atoms with Crippen LogP contribution in [0.15, 0.2) is 17.0 Å². The monoisotopic (exact) mass is 398 g/mol.